The van der Waals surface area contributed by atoms with Gasteiger partial charge in [-0.3, -0.25) is 4.79 Å². The molecule has 4 nitrogen and oxygen atoms in total. The molecule has 1 fully saturated rings. The molecule has 0 radical (unpaired) electrons. The summed E-state index contributed by atoms with van der Waals surface area (Å²) < 4.78 is 18.7. The number of aliphatic hydroxyl groups is 1. The highest BCUT2D eigenvalue weighted by atomic mass is 19.1. The standard InChI is InChI=1S/C15H20FNO3/c1-10-3-6-12(16)13(7-10)20-8-14(19)17-15(2,9-18)11-4-5-11/h3,6-7,11,18H,4-5,8-9H2,1-2H3,(H,17,19). The third-order valence-electron chi connectivity index (χ3n) is 3.68. The van der Waals surface area contributed by atoms with Gasteiger partial charge in [0.1, 0.15) is 0 Å². The molecule has 1 aliphatic carbocycles. The van der Waals surface area contributed by atoms with Crippen molar-refractivity contribution in [2.75, 3.05) is 13.2 Å². The third-order valence-corrected chi connectivity index (χ3v) is 3.68. The van der Waals surface area contributed by atoms with Gasteiger partial charge in [-0.1, -0.05) is 6.07 Å². The summed E-state index contributed by atoms with van der Waals surface area (Å²) in [5.41, 5.74) is 0.256. The van der Waals surface area contributed by atoms with Crippen LogP contribution in [0.25, 0.3) is 0 Å². The van der Waals surface area contributed by atoms with Crippen LogP contribution in [0.4, 0.5) is 4.39 Å². The van der Waals surface area contributed by atoms with Gasteiger partial charge in [0.25, 0.3) is 5.91 Å². The summed E-state index contributed by atoms with van der Waals surface area (Å²) in [6.45, 7) is 3.27. The zero-order valence-electron chi connectivity index (χ0n) is 11.8. The van der Waals surface area contributed by atoms with E-state index in [1.54, 1.807) is 12.1 Å². The molecular weight excluding hydrogens is 261 g/mol. The fraction of sp³-hybridized carbons (Fsp3) is 0.533. The van der Waals surface area contributed by atoms with E-state index in [4.69, 9.17) is 4.74 Å². The quantitative estimate of drug-likeness (QED) is 0.836. The molecule has 0 aromatic heterocycles. The molecule has 0 heterocycles. The van der Waals surface area contributed by atoms with E-state index in [0.717, 1.165) is 18.4 Å². The van der Waals surface area contributed by atoms with Crippen LogP contribution in [-0.2, 0) is 4.79 Å². The van der Waals surface area contributed by atoms with Gasteiger partial charge in [0.15, 0.2) is 18.2 Å². The topological polar surface area (TPSA) is 58.6 Å². The molecule has 1 amide bonds. The van der Waals surface area contributed by atoms with Crippen LogP contribution < -0.4 is 10.1 Å². The zero-order valence-corrected chi connectivity index (χ0v) is 11.8. The van der Waals surface area contributed by atoms with Crippen molar-refractivity contribution in [3.05, 3.63) is 29.6 Å². The van der Waals surface area contributed by atoms with Crippen molar-refractivity contribution < 1.29 is 19.0 Å². The lowest BCUT2D eigenvalue weighted by atomic mass is 9.97. The summed E-state index contributed by atoms with van der Waals surface area (Å²) in [6.07, 6.45) is 2.01. The second kappa shape index (κ2) is 5.79. The zero-order chi connectivity index (χ0) is 14.8. The van der Waals surface area contributed by atoms with Crippen LogP contribution in [0.5, 0.6) is 5.75 Å². The number of aliphatic hydroxyl groups excluding tert-OH is 1. The van der Waals surface area contributed by atoms with Crippen LogP contribution in [0, 0.1) is 18.7 Å². The molecule has 1 atom stereocenters. The Labute approximate surface area is 117 Å². The lowest BCUT2D eigenvalue weighted by Gasteiger charge is -2.28. The molecule has 20 heavy (non-hydrogen) atoms. The molecule has 1 saturated carbocycles. The van der Waals surface area contributed by atoms with E-state index in [9.17, 15) is 14.3 Å². The minimum atomic E-state index is -0.606. The van der Waals surface area contributed by atoms with E-state index < -0.39 is 11.4 Å². The average Bonchev–Trinajstić information content (AvgIpc) is 3.24. The Morgan fingerprint density at radius 1 is 1.55 bits per heavy atom. The van der Waals surface area contributed by atoms with Gasteiger partial charge in [0, 0.05) is 0 Å². The molecule has 110 valence electrons. The first-order chi connectivity index (χ1) is 9.44. The van der Waals surface area contributed by atoms with E-state index >= 15 is 0 Å². The smallest absolute Gasteiger partial charge is 0.258 e. The van der Waals surface area contributed by atoms with Crippen molar-refractivity contribution in [1.29, 1.82) is 0 Å². The van der Waals surface area contributed by atoms with E-state index in [2.05, 4.69) is 5.32 Å². The number of amides is 1. The molecule has 1 aromatic rings. The Hall–Kier alpha value is -1.62. The summed E-state index contributed by atoms with van der Waals surface area (Å²) in [6, 6.07) is 4.50. The maximum Gasteiger partial charge on any atom is 0.258 e. The van der Waals surface area contributed by atoms with Crippen molar-refractivity contribution in [2.24, 2.45) is 5.92 Å². The maximum absolute atomic E-state index is 13.5. The second-order valence-electron chi connectivity index (χ2n) is 5.62. The van der Waals surface area contributed by atoms with Gasteiger partial charge in [0.05, 0.1) is 12.1 Å². The van der Waals surface area contributed by atoms with E-state index in [0.29, 0.717) is 5.92 Å². The molecule has 2 N–H and O–H groups in total. The molecule has 2 rings (SSSR count). The van der Waals surface area contributed by atoms with Crippen LogP contribution >= 0.6 is 0 Å². The Balaban J connectivity index is 1.90. The van der Waals surface area contributed by atoms with Crippen molar-refractivity contribution >= 4 is 5.91 Å². The Morgan fingerprint density at radius 2 is 2.25 bits per heavy atom. The summed E-state index contributed by atoms with van der Waals surface area (Å²) in [4.78, 5) is 11.8. The number of carbonyl (C=O) groups excluding carboxylic acids is 1. The predicted octanol–water partition coefficient (Wildman–Crippen LogP) is 1.79. The van der Waals surface area contributed by atoms with Crippen LogP contribution in [0.2, 0.25) is 0 Å². The fourth-order valence-corrected chi connectivity index (χ4v) is 2.21. The highest BCUT2D eigenvalue weighted by molar-refractivity contribution is 5.78. The summed E-state index contributed by atoms with van der Waals surface area (Å²) in [5.74, 6) is -0.464. The van der Waals surface area contributed by atoms with Crippen molar-refractivity contribution in [1.82, 2.24) is 5.32 Å². The highest BCUT2D eigenvalue weighted by Gasteiger charge is 2.42. The first-order valence-corrected chi connectivity index (χ1v) is 6.75. The maximum atomic E-state index is 13.5. The lowest BCUT2D eigenvalue weighted by Crippen LogP contribution is -2.52. The molecule has 1 unspecified atom stereocenters. The van der Waals surface area contributed by atoms with E-state index in [1.165, 1.54) is 6.07 Å². The van der Waals surface area contributed by atoms with Crippen LogP contribution in [0.15, 0.2) is 18.2 Å². The van der Waals surface area contributed by atoms with Crippen LogP contribution in [0.1, 0.15) is 25.3 Å². The Kier molecular flexibility index (Phi) is 4.28. The van der Waals surface area contributed by atoms with Gasteiger partial charge < -0.3 is 15.2 Å². The number of carbonyl (C=O) groups is 1. The lowest BCUT2D eigenvalue weighted by molar-refractivity contribution is -0.125. The minimum absolute atomic E-state index is 0.0669. The first-order valence-electron chi connectivity index (χ1n) is 6.75. The van der Waals surface area contributed by atoms with Gasteiger partial charge in [-0.25, -0.2) is 4.39 Å². The number of aryl methyl sites for hydroxylation is 1. The van der Waals surface area contributed by atoms with Crippen LogP contribution in [-0.4, -0.2) is 29.8 Å². The number of hydrogen-bond donors (Lipinski definition) is 2. The van der Waals surface area contributed by atoms with Crippen molar-refractivity contribution in [3.8, 4) is 5.75 Å². The Morgan fingerprint density at radius 3 is 2.85 bits per heavy atom. The second-order valence-corrected chi connectivity index (χ2v) is 5.62. The molecule has 0 aliphatic heterocycles. The summed E-state index contributed by atoms with van der Waals surface area (Å²) >= 11 is 0. The molecule has 0 spiro atoms. The Bertz CT molecular complexity index is 502. The number of hydrogen-bond acceptors (Lipinski definition) is 3. The predicted molar refractivity (Wildman–Crippen MR) is 73.0 cm³/mol. The number of benzene rings is 1. The van der Waals surface area contributed by atoms with Gasteiger partial charge in [-0.15, -0.1) is 0 Å². The van der Waals surface area contributed by atoms with Gasteiger partial charge in [0.2, 0.25) is 0 Å². The SMILES string of the molecule is Cc1ccc(F)c(OCC(=O)NC(C)(CO)C2CC2)c1. The summed E-state index contributed by atoms with van der Waals surface area (Å²) in [5, 5.41) is 12.2. The fourth-order valence-electron chi connectivity index (χ4n) is 2.21. The molecule has 1 aliphatic rings. The monoisotopic (exact) mass is 281 g/mol. The normalized spacial score (nSPS) is 17.4. The summed E-state index contributed by atoms with van der Waals surface area (Å²) in [7, 11) is 0. The number of ether oxygens (including phenoxy) is 1. The largest absolute Gasteiger partial charge is 0.481 e. The first kappa shape index (κ1) is 14.8. The van der Waals surface area contributed by atoms with Gasteiger partial charge in [-0.05, 0) is 50.3 Å². The number of nitrogens with one attached hydrogen (secondary N) is 1. The van der Waals surface area contributed by atoms with E-state index in [-0.39, 0.29) is 24.9 Å². The van der Waals surface area contributed by atoms with Gasteiger partial charge >= 0.3 is 0 Å². The molecule has 0 bridgehead atoms. The third kappa shape index (κ3) is 3.48. The molecule has 5 heteroatoms. The van der Waals surface area contributed by atoms with Crippen LogP contribution in [0.3, 0.4) is 0 Å². The molecular formula is C15H20FNO3. The molecule has 1 aromatic carbocycles. The highest BCUT2D eigenvalue weighted by Crippen LogP contribution is 2.39. The average molecular weight is 281 g/mol. The number of halogens is 1. The van der Waals surface area contributed by atoms with E-state index in [1.807, 2.05) is 13.8 Å². The molecule has 0 saturated heterocycles. The van der Waals surface area contributed by atoms with Crippen molar-refractivity contribution in [3.63, 3.8) is 0 Å². The van der Waals surface area contributed by atoms with Gasteiger partial charge in [-0.2, -0.15) is 0 Å². The van der Waals surface area contributed by atoms with Crippen molar-refractivity contribution in [2.45, 2.75) is 32.2 Å². The number of rotatable bonds is 6. The minimum Gasteiger partial charge on any atom is -0.481 e.